The van der Waals surface area contributed by atoms with E-state index in [1.807, 2.05) is 13.8 Å². The van der Waals surface area contributed by atoms with E-state index in [0.29, 0.717) is 12.0 Å². The second kappa shape index (κ2) is 19.0. The third kappa shape index (κ3) is 16.3. The van der Waals surface area contributed by atoms with Crippen molar-refractivity contribution in [3.63, 3.8) is 0 Å². The van der Waals surface area contributed by atoms with Gasteiger partial charge in [-0.1, -0.05) is 92.7 Å². The summed E-state index contributed by atoms with van der Waals surface area (Å²) >= 11 is 0. The smallest absolute Gasteiger partial charge is 0.0834 e. The van der Waals surface area contributed by atoms with E-state index in [0.717, 1.165) is 43.3 Å². The number of allylic oxidation sites excluding steroid dienone is 2. The lowest BCUT2D eigenvalue weighted by Gasteiger charge is -2.31. The zero-order valence-electron chi connectivity index (χ0n) is 23.7. The second-order valence-electron chi connectivity index (χ2n) is 11.3. The lowest BCUT2D eigenvalue weighted by Crippen LogP contribution is -2.35. The summed E-state index contributed by atoms with van der Waals surface area (Å²) in [6.07, 6.45) is 15.3. The summed E-state index contributed by atoms with van der Waals surface area (Å²) in [4.78, 5) is 0. The quantitative estimate of drug-likeness (QED) is 0.395. The molecule has 2 heteroatoms. The lowest BCUT2D eigenvalue weighted by atomic mass is 9.84. The van der Waals surface area contributed by atoms with Gasteiger partial charge < -0.3 is 9.47 Å². The maximum atomic E-state index is 5.76. The second-order valence-corrected chi connectivity index (χ2v) is 11.3. The molecule has 192 valence electrons. The van der Waals surface area contributed by atoms with Gasteiger partial charge in [0.05, 0.1) is 12.2 Å². The first-order valence-corrected chi connectivity index (χ1v) is 14.1. The van der Waals surface area contributed by atoms with E-state index in [4.69, 9.17) is 9.47 Å². The van der Waals surface area contributed by atoms with Crippen LogP contribution in [0.3, 0.4) is 0 Å². The average molecular weight is 453 g/mol. The van der Waals surface area contributed by atoms with Crippen LogP contribution in [0.2, 0.25) is 0 Å². The third-order valence-corrected chi connectivity index (χ3v) is 6.96. The summed E-state index contributed by atoms with van der Waals surface area (Å²) in [5.41, 5.74) is 1.59. The van der Waals surface area contributed by atoms with Crippen molar-refractivity contribution in [2.24, 2.45) is 29.6 Å². The van der Waals surface area contributed by atoms with Gasteiger partial charge in [0.15, 0.2) is 0 Å². The van der Waals surface area contributed by atoms with Crippen LogP contribution in [0, 0.1) is 29.6 Å². The van der Waals surface area contributed by atoms with Crippen LogP contribution in [0.4, 0.5) is 0 Å². The molecule has 0 radical (unpaired) electrons. The predicted molar refractivity (Wildman–Crippen MR) is 143 cm³/mol. The Morgan fingerprint density at radius 2 is 1.34 bits per heavy atom. The first-order valence-electron chi connectivity index (χ1n) is 14.1. The molecule has 0 spiro atoms. The fraction of sp³-hybridized carbons (Fsp3) is 0.933. The van der Waals surface area contributed by atoms with E-state index >= 15 is 0 Å². The molecular weight excluding hydrogens is 392 g/mol. The van der Waals surface area contributed by atoms with Gasteiger partial charge in [-0.25, -0.2) is 0 Å². The van der Waals surface area contributed by atoms with Gasteiger partial charge in [0.25, 0.3) is 0 Å². The zero-order valence-corrected chi connectivity index (χ0v) is 23.7. The van der Waals surface area contributed by atoms with Crippen molar-refractivity contribution < 1.29 is 9.47 Å². The molecule has 4 unspecified atom stereocenters. The van der Waals surface area contributed by atoms with Gasteiger partial charge in [-0.3, -0.25) is 0 Å². The summed E-state index contributed by atoms with van der Waals surface area (Å²) in [6, 6.07) is 0. The van der Waals surface area contributed by atoms with E-state index < -0.39 is 0 Å². The highest BCUT2D eigenvalue weighted by molar-refractivity contribution is 5.02. The monoisotopic (exact) mass is 452 g/mol. The highest BCUT2D eigenvalue weighted by atomic mass is 16.5. The van der Waals surface area contributed by atoms with Gasteiger partial charge in [0.2, 0.25) is 0 Å². The van der Waals surface area contributed by atoms with Crippen LogP contribution in [0.15, 0.2) is 11.6 Å². The van der Waals surface area contributed by atoms with E-state index in [2.05, 4.69) is 61.5 Å². The van der Waals surface area contributed by atoms with E-state index in [-0.39, 0.29) is 6.10 Å². The molecule has 2 fully saturated rings. The molecular formula is C30H60O2. The van der Waals surface area contributed by atoms with Crippen molar-refractivity contribution in [3.8, 4) is 0 Å². The molecule has 0 aromatic heterocycles. The summed E-state index contributed by atoms with van der Waals surface area (Å²) in [5.74, 6) is 4.32. The van der Waals surface area contributed by atoms with Crippen LogP contribution in [-0.2, 0) is 9.47 Å². The van der Waals surface area contributed by atoms with Gasteiger partial charge in [-0.05, 0) is 75.5 Å². The Hall–Kier alpha value is -0.340. The molecule has 3 rings (SSSR count). The minimum absolute atomic E-state index is 0.255. The lowest BCUT2D eigenvalue weighted by molar-refractivity contribution is -0.101. The maximum absolute atomic E-state index is 5.76. The van der Waals surface area contributed by atoms with Crippen molar-refractivity contribution in [2.75, 3.05) is 13.2 Å². The highest BCUT2D eigenvalue weighted by Gasteiger charge is 2.24. The van der Waals surface area contributed by atoms with Gasteiger partial charge in [0.1, 0.15) is 0 Å². The molecule has 4 atom stereocenters. The fourth-order valence-electron chi connectivity index (χ4n) is 4.25. The van der Waals surface area contributed by atoms with Crippen molar-refractivity contribution >= 4 is 0 Å². The first kappa shape index (κ1) is 31.7. The Morgan fingerprint density at radius 3 is 1.72 bits per heavy atom. The van der Waals surface area contributed by atoms with Gasteiger partial charge >= 0.3 is 0 Å². The van der Waals surface area contributed by atoms with Crippen LogP contribution >= 0.6 is 0 Å². The van der Waals surface area contributed by atoms with Crippen molar-refractivity contribution in [1.29, 1.82) is 0 Å². The Bertz CT molecular complexity index is 430. The molecule has 0 aromatic rings. The molecule has 1 saturated carbocycles. The molecule has 2 nitrogen and oxygen atoms in total. The molecule has 2 aliphatic carbocycles. The van der Waals surface area contributed by atoms with Crippen LogP contribution in [0.5, 0.6) is 0 Å². The largest absolute Gasteiger partial charge is 0.376 e. The summed E-state index contributed by atoms with van der Waals surface area (Å²) in [5, 5.41) is 0. The molecule has 0 bridgehead atoms. The Balaban J connectivity index is 0.000000458. The predicted octanol–water partition coefficient (Wildman–Crippen LogP) is 9.47. The van der Waals surface area contributed by atoms with Crippen LogP contribution in [0.1, 0.15) is 127 Å². The Labute approximate surface area is 203 Å². The summed E-state index contributed by atoms with van der Waals surface area (Å²) in [6.45, 7) is 23.8. The molecule has 3 aliphatic rings. The summed E-state index contributed by atoms with van der Waals surface area (Å²) in [7, 11) is 0. The molecule has 1 saturated heterocycles. The van der Waals surface area contributed by atoms with Crippen LogP contribution < -0.4 is 0 Å². The van der Waals surface area contributed by atoms with Crippen molar-refractivity contribution in [1.82, 2.24) is 0 Å². The van der Waals surface area contributed by atoms with E-state index in [1.54, 1.807) is 5.57 Å². The fourth-order valence-corrected chi connectivity index (χ4v) is 4.25. The molecule has 32 heavy (non-hydrogen) atoms. The number of hydrogen-bond donors (Lipinski definition) is 0. The maximum Gasteiger partial charge on any atom is 0.0834 e. The Morgan fingerprint density at radius 1 is 0.812 bits per heavy atom. The standard InChI is InChI=1S/C12H24O2.C8H16.C8H14.C2H6/c1-9(2)7-13-11(4)12-6-5-10(3)8-14-12;2*1-7-3-5-8(2)6-4-7;1-2/h9-12H,5-8H2,1-4H3;7-8H,3-6H2,1-2H3;3,8H,4-6H2,1-2H3;1-2H3. The van der Waals surface area contributed by atoms with Gasteiger partial charge in [0, 0.05) is 13.2 Å². The van der Waals surface area contributed by atoms with Crippen molar-refractivity contribution in [2.45, 2.75) is 139 Å². The third-order valence-electron chi connectivity index (χ3n) is 6.96. The van der Waals surface area contributed by atoms with Gasteiger partial charge in [-0.2, -0.15) is 0 Å². The van der Waals surface area contributed by atoms with Crippen LogP contribution in [0.25, 0.3) is 0 Å². The number of rotatable bonds is 4. The molecule has 0 aromatic carbocycles. The molecule has 0 amide bonds. The zero-order chi connectivity index (χ0) is 24.5. The average Bonchev–Trinajstić information content (AvgIpc) is 2.79. The van der Waals surface area contributed by atoms with Gasteiger partial charge in [-0.15, -0.1) is 0 Å². The first-order chi connectivity index (χ1) is 15.2. The SMILES string of the molecule is CC.CC(C)COC(C)C1CCC(C)CO1.CC1=CCC(C)CC1.CC1CCC(C)CC1. The Kier molecular flexibility index (Phi) is 18.8. The highest BCUT2D eigenvalue weighted by Crippen LogP contribution is 2.27. The topological polar surface area (TPSA) is 18.5 Å². The molecule has 0 N–H and O–H groups in total. The van der Waals surface area contributed by atoms with Crippen LogP contribution in [-0.4, -0.2) is 25.4 Å². The molecule has 1 heterocycles. The number of hydrogen-bond acceptors (Lipinski definition) is 2. The molecule has 1 aliphatic heterocycles. The van der Waals surface area contributed by atoms with E-state index in [1.165, 1.54) is 51.4 Å². The minimum Gasteiger partial charge on any atom is -0.376 e. The number of ether oxygens (including phenoxy) is 2. The van der Waals surface area contributed by atoms with Crippen molar-refractivity contribution in [3.05, 3.63) is 11.6 Å². The van der Waals surface area contributed by atoms with E-state index in [9.17, 15) is 0 Å². The normalized spacial score (nSPS) is 31.0. The minimum atomic E-state index is 0.255. The summed E-state index contributed by atoms with van der Waals surface area (Å²) < 4.78 is 11.5.